The zero-order valence-electron chi connectivity index (χ0n) is 17.1. The number of benzene rings is 3. The van der Waals surface area contributed by atoms with Crippen molar-refractivity contribution in [3.05, 3.63) is 102 Å². The lowest BCUT2D eigenvalue weighted by molar-refractivity contribution is -0.396. The van der Waals surface area contributed by atoms with Gasteiger partial charge in [0.15, 0.2) is 5.78 Å². The van der Waals surface area contributed by atoms with Crippen LogP contribution in [0.5, 0.6) is 5.75 Å². The number of carbonyl (C=O) groups excluding carboxylic acids is 1. The molecule has 3 aromatic carbocycles. The summed E-state index contributed by atoms with van der Waals surface area (Å²) in [6, 6.07) is 14.4. The Morgan fingerprint density at radius 3 is 2.09 bits per heavy atom. The van der Waals surface area contributed by atoms with Crippen molar-refractivity contribution in [1.82, 2.24) is 0 Å². The van der Waals surface area contributed by atoms with Crippen LogP contribution in [0.4, 0.5) is 17.1 Å². The molecule has 0 amide bonds. The summed E-state index contributed by atoms with van der Waals surface area (Å²) in [6.45, 7) is 1.87. The average Bonchev–Trinajstić information content (AvgIpc) is 2.77. The van der Waals surface area contributed by atoms with Gasteiger partial charge in [-0.1, -0.05) is 40.2 Å². The number of carbonyl (C=O) groups is 1. The molecule has 0 aliphatic carbocycles. The van der Waals surface area contributed by atoms with E-state index in [-0.39, 0.29) is 0 Å². The Kier molecular flexibility index (Phi) is 7.04. The summed E-state index contributed by atoms with van der Waals surface area (Å²) in [5, 5.41) is 46.4. The van der Waals surface area contributed by atoms with Gasteiger partial charge in [0.1, 0.15) is 6.10 Å². The summed E-state index contributed by atoms with van der Waals surface area (Å²) in [7, 11) is 0. The van der Waals surface area contributed by atoms with Gasteiger partial charge in [0.25, 0.3) is 5.75 Å². The van der Waals surface area contributed by atoms with Gasteiger partial charge in [0, 0.05) is 27.9 Å². The Morgan fingerprint density at radius 1 is 1.00 bits per heavy atom. The third kappa shape index (κ3) is 5.33. The molecule has 0 aliphatic rings. The predicted molar refractivity (Wildman–Crippen MR) is 123 cm³/mol. The van der Waals surface area contributed by atoms with Crippen LogP contribution < -0.4 is 5.32 Å². The number of phenolic OH excluding ortho intramolecular Hbond substituents is 1. The SMILES string of the molecule is Cc1cccc(NC(c2ccc(Br)cc2)C(O)C(=O)c2cc([N+](=O)[O-])c(O)c([N+](=O)[O-])c2)c1. The van der Waals surface area contributed by atoms with E-state index in [4.69, 9.17) is 0 Å². The molecule has 0 saturated heterocycles. The van der Waals surface area contributed by atoms with Gasteiger partial charge in [-0.15, -0.1) is 0 Å². The minimum absolute atomic E-state index is 0.480. The summed E-state index contributed by atoms with van der Waals surface area (Å²) in [5.41, 5.74) is -0.425. The molecule has 0 fully saturated rings. The molecule has 3 aromatic rings. The molecule has 0 aromatic heterocycles. The normalized spacial score (nSPS) is 12.6. The zero-order valence-corrected chi connectivity index (χ0v) is 18.7. The molecule has 2 atom stereocenters. The van der Waals surface area contributed by atoms with E-state index in [0.717, 1.165) is 10.0 Å². The lowest BCUT2D eigenvalue weighted by Crippen LogP contribution is -2.33. The average molecular weight is 516 g/mol. The molecule has 0 saturated carbocycles. The molecule has 0 aliphatic heterocycles. The van der Waals surface area contributed by atoms with Crippen molar-refractivity contribution >= 4 is 38.8 Å². The Balaban J connectivity index is 2.06. The number of nitrogens with one attached hydrogen (secondary N) is 1. The van der Waals surface area contributed by atoms with Gasteiger partial charge >= 0.3 is 11.4 Å². The van der Waals surface area contributed by atoms with Crippen LogP contribution in [0.1, 0.15) is 27.5 Å². The smallest absolute Gasteiger partial charge is 0.318 e. The van der Waals surface area contributed by atoms with Gasteiger partial charge in [0.05, 0.1) is 15.9 Å². The number of halogens is 1. The molecule has 3 rings (SSSR count). The second-order valence-electron chi connectivity index (χ2n) is 7.23. The van der Waals surface area contributed by atoms with Crippen LogP contribution in [0.15, 0.2) is 65.1 Å². The molecular formula is C22H18BrN3O7. The highest BCUT2D eigenvalue weighted by molar-refractivity contribution is 9.10. The van der Waals surface area contributed by atoms with Crippen LogP contribution in [0.2, 0.25) is 0 Å². The number of Topliss-reactive ketones (excluding diaryl/α,β-unsaturated/α-hetero) is 1. The number of ketones is 1. The number of rotatable bonds is 8. The van der Waals surface area contributed by atoms with E-state index in [1.807, 2.05) is 13.0 Å². The number of aromatic hydroxyl groups is 1. The fraction of sp³-hybridized carbons (Fsp3) is 0.136. The topological polar surface area (TPSA) is 156 Å². The van der Waals surface area contributed by atoms with Crippen LogP contribution in [-0.4, -0.2) is 31.9 Å². The van der Waals surface area contributed by atoms with Crippen molar-refractivity contribution in [2.45, 2.75) is 19.1 Å². The van der Waals surface area contributed by atoms with Crippen molar-refractivity contribution in [2.75, 3.05) is 5.32 Å². The first kappa shape index (κ1) is 23.8. The minimum atomic E-state index is -1.77. The Hall–Kier alpha value is -3.83. The lowest BCUT2D eigenvalue weighted by Gasteiger charge is -2.25. The highest BCUT2D eigenvalue weighted by Gasteiger charge is 2.33. The van der Waals surface area contributed by atoms with Crippen molar-refractivity contribution in [3.63, 3.8) is 0 Å². The molecule has 11 heteroatoms. The number of nitrogens with zero attached hydrogens (tertiary/aromatic N) is 2. The highest BCUT2D eigenvalue weighted by Crippen LogP contribution is 2.37. The number of hydrogen-bond donors (Lipinski definition) is 3. The van der Waals surface area contributed by atoms with E-state index in [1.165, 1.54) is 0 Å². The number of anilines is 1. The van der Waals surface area contributed by atoms with Crippen molar-refractivity contribution in [2.24, 2.45) is 0 Å². The quantitative estimate of drug-likeness (QED) is 0.221. The summed E-state index contributed by atoms with van der Waals surface area (Å²) in [4.78, 5) is 33.5. The van der Waals surface area contributed by atoms with Crippen LogP contribution in [0.3, 0.4) is 0 Å². The standard InChI is InChI=1S/C22H18BrN3O7/c1-12-3-2-4-16(9-12)24-19(13-5-7-15(23)8-6-13)22(29)20(27)14-10-17(25(30)31)21(28)18(11-14)26(32)33/h2-11,19,22,24,28-29H,1H3. The van der Waals surface area contributed by atoms with E-state index in [2.05, 4.69) is 21.2 Å². The van der Waals surface area contributed by atoms with Crippen LogP contribution in [0.25, 0.3) is 0 Å². The Labute approximate surface area is 195 Å². The number of aryl methyl sites for hydroxylation is 1. The summed E-state index contributed by atoms with van der Waals surface area (Å²) < 4.78 is 0.770. The zero-order chi connectivity index (χ0) is 24.3. The molecule has 0 heterocycles. The molecule has 0 bridgehead atoms. The van der Waals surface area contributed by atoms with E-state index >= 15 is 0 Å². The number of nitro groups is 2. The maximum Gasteiger partial charge on any atom is 0.318 e. The monoisotopic (exact) mass is 515 g/mol. The van der Waals surface area contributed by atoms with E-state index in [1.54, 1.807) is 42.5 Å². The molecule has 10 nitrogen and oxygen atoms in total. The van der Waals surface area contributed by atoms with Crippen molar-refractivity contribution in [1.29, 1.82) is 0 Å². The van der Waals surface area contributed by atoms with Gasteiger partial charge in [-0.05, 0) is 42.3 Å². The Bertz CT molecular complexity index is 1200. The number of aliphatic hydroxyl groups excluding tert-OH is 1. The van der Waals surface area contributed by atoms with E-state index in [9.17, 15) is 35.2 Å². The van der Waals surface area contributed by atoms with Crippen molar-refractivity contribution in [3.8, 4) is 5.75 Å². The third-order valence-corrected chi connectivity index (χ3v) is 5.43. The van der Waals surface area contributed by atoms with Gasteiger partial charge in [-0.3, -0.25) is 25.0 Å². The number of aliphatic hydroxyl groups is 1. The third-order valence-electron chi connectivity index (χ3n) is 4.90. The fourth-order valence-corrected chi connectivity index (χ4v) is 3.54. The van der Waals surface area contributed by atoms with E-state index in [0.29, 0.717) is 23.4 Å². The number of hydrogen-bond acceptors (Lipinski definition) is 8. The largest absolute Gasteiger partial charge is 0.497 e. The second kappa shape index (κ2) is 9.76. The maximum atomic E-state index is 13.1. The minimum Gasteiger partial charge on any atom is -0.497 e. The summed E-state index contributed by atoms with van der Waals surface area (Å²) in [6.07, 6.45) is -1.77. The van der Waals surface area contributed by atoms with Crippen molar-refractivity contribution < 1.29 is 24.9 Å². The molecule has 33 heavy (non-hydrogen) atoms. The number of nitro benzene ring substituents is 2. The number of phenols is 1. The Morgan fingerprint density at radius 2 is 1.58 bits per heavy atom. The summed E-state index contributed by atoms with van der Waals surface area (Å²) >= 11 is 3.32. The van der Waals surface area contributed by atoms with Gasteiger partial charge in [0.2, 0.25) is 0 Å². The maximum absolute atomic E-state index is 13.1. The first-order chi connectivity index (χ1) is 15.6. The predicted octanol–water partition coefficient (Wildman–Crippen LogP) is 4.68. The fourth-order valence-electron chi connectivity index (χ4n) is 3.28. The summed E-state index contributed by atoms with van der Waals surface area (Å²) in [5.74, 6) is -2.16. The van der Waals surface area contributed by atoms with Gasteiger partial charge in [-0.25, -0.2) is 0 Å². The lowest BCUT2D eigenvalue weighted by atomic mass is 9.94. The molecule has 3 N–H and O–H groups in total. The van der Waals surface area contributed by atoms with Crippen LogP contribution in [0, 0.1) is 27.2 Å². The van der Waals surface area contributed by atoms with Gasteiger partial charge in [-0.2, -0.15) is 0 Å². The van der Waals surface area contributed by atoms with E-state index < -0.39 is 50.5 Å². The first-order valence-electron chi connectivity index (χ1n) is 9.55. The molecule has 0 radical (unpaired) electrons. The highest BCUT2D eigenvalue weighted by atomic mass is 79.9. The molecular weight excluding hydrogens is 498 g/mol. The first-order valence-corrected chi connectivity index (χ1v) is 10.3. The van der Waals surface area contributed by atoms with Crippen LogP contribution >= 0.6 is 15.9 Å². The molecule has 170 valence electrons. The molecule has 0 spiro atoms. The van der Waals surface area contributed by atoms with Crippen LogP contribution in [-0.2, 0) is 0 Å². The second-order valence-corrected chi connectivity index (χ2v) is 8.15. The van der Waals surface area contributed by atoms with Gasteiger partial charge < -0.3 is 15.5 Å². The molecule has 2 unspecified atom stereocenters.